The predicted octanol–water partition coefficient (Wildman–Crippen LogP) is -1.90. The van der Waals surface area contributed by atoms with E-state index in [9.17, 15) is 0 Å². The quantitative estimate of drug-likeness (QED) is 0.327. The molecule has 0 aliphatic carbocycles. The zero-order valence-corrected chi connectivity index (χ0v) is 7.00. The summed E-state index contributed by atoms with van der Waals surface area (Å²) in [5.41, 5.74) is 0. The number of rotatable bonds is 0. The first kappa shape index (κ1) is 90.0. The van der Waals surface area contributed by atoms with Gasteiger partial charge >= 0.3 is 0 Å². The van der Waals surface area contributed by atoms with Crippen molar-refractivity contribution >= 4 is 62.7 Å². The van der Waals surface area contributed by atoms with Crippen molar-refractivity contribution in [2.45, 2.75) is 0 Å². The van der Waals surface area contributed by atoms with E-state index in [0.29, 0.717) is 0 Å². The number of hydrogen-bond donors (Lipinski definition) is 0. The van der Waals surface area contributed by atoms with Crippen LogP contribution in [-0.2, 0) is 0 Å². The predicted molar refractivity (Wildman–Crippen MR) is 28.8 cm³/mol. The van der Waals surface area contributed by atoms with Gasteiger partial charge in [0.1, 0.15) is 0 Å². The molecule has 5 heavy (non-hydrogen) atoms. The Bertz CT molecular complexity index is 3.61. The van der Waals surface area contributed by atoms with Gasteiger partial charge in [0.05, 0.1) is 0 Å². The van der Waals surface area contributed by atoms with Crippen LogP contribution in [0.1, 0.15) is 0 Å². The molecule has 17 radical (unpaired) electrons. The molecular formula is LiSi4. The van der Waals surface area contributed by atoms with E-state index in [1.807, 2.05) is 0 Å². The maximum absolute atomic E-state index is 0. The Kier molecular flexibility index (Phi) is 913. The van der Waals surface area contributed by atoms with Crippen molar-refractivity contribution < 1.29 is 0 Å². The van der Waals surface area contributed by atoms with Gasteiger partial charge in [-0.3, -0.25) is 0 Å². The summed E-state index contributed by atoms with van der Waals surface area (Å²) < 4.78 is 0. The third-order valence-electron chi connectivity index (χ3n) is 0. The first-order valence-corrected chi connectivity index (χ1v) is 0. The van der Waals surface area contributed by atoms with Crippen molar-refractivity contribution in [2.24, 2.45) is 0 Å². The Balaban J connectivity index is 0. The Morgan fingerprint density at radius 3 is 0.400 bits per heavy atom. The summed E-state index contributed by atoms with van der Waals surface area (Å²) in [6.45, 7) is 0. The van der Waals surface area contributed by atoms with Crippen molar-refractivity contribution in [3.05, 3.63) is 0 Å². The van der Waals surface area contributed by atoms with Crippen molar-refractivity contribution in [2.75, 3.05) is 0 Å². The average molecular weight is 119 g/mol. The molecule has 0 saturated heterocycles. The Labute approximate surface area is 62.8 Å². The molecule has 0 fully saturated rings. The Morgan fingerprint density at radius 2 is 0.400 bits per heavy atom. The van der Waals surface area contributed by atoms with Crippen LogP contribution in [0.25, 0.3) is 0 Å². The fourth-order valence-electron chi connectivity index (χ4n) is 0. The van der Waals surface area contributed by atoms with Crippen LogP contribution in [0.4, 0.5) is 0 Å². The molecule has 0 unspecified atom stereocenters. The van der Waals surface area contributed by atoms with Crippen molar-refractivity contribution in [3.8, 4) is 0 Å². The van der Waals surface area contributed by atoms with Gasteiger partial charge in [0, 0.05) is 62.7 Å². The van der Waals surface area contributed by atoms with Crippen LogP contribution in [0.3, 0.4) is 0 Å². The van der Waals surface area contributed by atoms with Gasteiger partial charge in [-0.1, -0.05) is 0 Å². The molecule has 0 aliphatic heterocycles. The largest absolute Gasteiger partial charge is 0 e. The molecule has 0 atom stereocenters. The molecule has 0 aromatic rings. The van der Waals surface area contributed by atoms with Crippen LogP contribution in [0, 0.1) is 0 Å². The molecule has 0 saturated carbocycles. The van der Waals surface area contributed by atoms with Crippen molar-refractivity contribution in [3.63, 3.8) is 0 Å². The Morgan fingerprint density at radius 1 is 0.400 bits per heavy atom. The van der Waals surface area contributed by atoms with Gasteiger partial charge in [0.2, 0.25) is 0 Å². The molecule has 0 spiro atoms. The number of hydrogen-bond acceptors (Lipinski definition) is 0. The van der Waals surface area contributed by atoms with E-state index in [0.717, 1.165) is 0 Å². The van der Waals surface area contributed by atoms with Gasteiger partial charge < -0.3 is 0 Å². The van der Waals surface area contributed by atoms with Crippen LogP contribution < -0.4 is 0 Å². The third-order valence-corrected chi connectivity index (χ3v) is 0. The standard InChI is InChI=1S/Li.4Si. The summed E-state index contributed by atoms with van der Waals surface area (Å²) >= 11 is 0. The van der Waals surface area contributed by atoms with E-state index in [1.54, 1.807) is 0 Å². The average Bonchev–Trinajstić information content (AvgIpc) is 0. The second-order valence-electron chi connectivity index (χ2n) is 0. The smallest absolute Gasteiger partial charge is 0 e. The zero-order valence-electron chi connectivity index (χ0n) is 3.00. The van der Waals surface area contributed by atoms with Crippen LogP contribution in [0.15, 0.2) is 0 Å². The maximum Gasteiger partial charge on any atom is 0 e. The van der Waals surface area contributed by atoms with Gasteiger partial charge in [-0.2, -0.15) is 0 Å². The summed E-state index contributed by atoms with van der Waals surface area (Å²) in [4.78, 5) is 0. The molecule has 0 heterocycles. The summed E-state index contributed by atoms with van der Waals surface area (Å²) in [5.74, 6) is 0. The van der Waals surface area contributed by atoms with E-state index in [1.165, 1.54) is 0 Å². The van der Waals surface area contributed by atoms with Gasteiger partial charge in [-0.05, 0) is 0 Å². The molecule has 17 valence electrons. The third kappa shape index (κ3) is 30.6. The van der Waals surface area contributed by atoms with E-state index in [2.05, 4.69) is 0 Å². The molecule has 0 aliphatic rings. The molecule has 5 heteroatoms. The van der Waals surface area contributed by atoms with Gasteiger partial charge in [-0.25, -0.2) is 0 Å². The van der Waals surface area contributed by atoms with E-state index >= 15 is 0 Å². The molecular weight excluding hydrogens is 119 g/mol. The summed E-state index contributed by atoms with van der Waals surface area (Å²) in [6, 6.07) is 0. The second-order valence-corrected chi connectivity index (χ2v) is 0. The molecule has 0 rings (SSSR count). The van der Waals surface area contributed by atoms with E-state index < -0.39 is 0 Å². The van der Waals surface area contributed by atoms with Crippen LogP contribution in [-0.4, -0.2) is 62.7 Å². The minimum Gasteiger partial charge on any atom is 0 e. The summed E-state index contributed by atoms with van der Waals surface area (Å²) in [6.07, 6.45) is 0. The first-order chi connectivity index (χ1) is 0. The molecule has 0 nitrogen and oxygen atoms in total. The monoisotopic (exact) mass is 119 g/mol. The van der Waals surface area contributed by atoms with Crippen molar-refractivity contribution in [1.82, 2.24) is 0 Å². The van der Waals surface area contributed by atoms with Crippen LogP contribution in [0.2, 0.25) is 0 Å². The summed E-state index contributed by atoms with van der Waals surface area (Å²) in [7, 11) is 0. The second kappa shape index (κ2) is 50.8. The van der Waals surface area contributed by atoms with Crippen molar-refractivity contribution in [1.29, 1.82) is 0 Å². The van der Waals surface area contributed by atoms with Gasteiger partial charge in [0.15, 0.2) is 0 Å². The topological polar surface area (TPSA) is 0 Å². The van der Waals surface area contributed by atoms with E-state index in [-0.39, 0.29) is 62.7 Å². The molecule has 0 aromatic carbocycles. The fraction of sp³-hybridized carbons (Fsp3) is 0. The SMILES string of the molecule is [Li].[Si].[Si].[Si].[Si]. The van der Waals surface area contributed by atoms with E-state index in [4.69, 9.17) is 0 Å². The molecule has 0 aromatic heterocycles. The fourth-order valence-corrected chi connectivity index (χ4v) is 0. The minimum absolute atomic E-state index is 0. The normalized spacial score (nSPS) is 0. The minimum atomic E-state index is 0. The zero-order chi connectivity index (χ0) is 0. The van der Waals surface area contributed by atoms with Crippen LogP contribution in [0.5, 0.6) is 0 Å². The Hall–Kier alpha value is 1.46. The molecule has 0 amide bonds. The van der Waals surface area contributed by atoms with Gasteiger partial charge in [0.25, 0.3) is 0 Å². The summed E-state index contributed by atoms with van der Waals surface area (Å²) in [5, 5.41) is 0. The first-order valence-electron chi connectivity index (χ1n) is 0. The molecule has 0 N–H and O–H groups in total. The van der Waals surface area contributed by atoms with Gasteiger partial charge in [-0.15, -0.1) is 0 Å². The maximum atomic E-state index is 0. The molecule has 0 bridgehead atoms. The van der Waals surface area contributed by atoms with Crippen LogP contribution >= 0.6 is 0 Å².